The van der Waals surface area contributed by atoms with Crippen molar-refractivity contribution < 1.29 is 9.53 Å². The summed E-state index contributed by atoms with van der Waals surface area (Å²) in [6.45, 7) is 6.41. The van der Waals surface area contributed by atoms with Crippen molar-refractivity contribution in [1.82, 2.24) is 14.8 Å². The van der Waals surface area contributed by atoms with Gasteiger partial charge in [0.25, 0.3) is 5.91 Å². The molecule has 1 atom stereocenters. The second-order valence-electron chi connectivity index (χ2n) is 7.42. The van der Waals surface area contributed by atoms with Crippen LogP contribution in [0.25, 0.3) is 0 Å². The molecule has 4 rings (SSSR count). The van der Waals surface area contributed by atoms with Crippen LogP contribution in [0, 0.1) is 0 Å². The van der Waals surface area contributed by atoms with E-state index in [1.807, 2.05) is 11.1 Å². The molecule has 2 aromatic rings. The Morgan fingerprint density at radius 2 is 2.26 bits per heavy atom. The van der Waals surface area contributed by atoms with Crippen LogP contribution >= 0.6 is 11.3 Å². The van der Waals surface area contributed by atoms with Gasteiger partial charge in [0.15, 0.2) is 0 Å². The highest BCUT2D eigenvalue weighted by atomic mass is 32.1. The Balaban J connectivity index is 1.41. The maximum absolute atomic E-state index is 12.9. The number of aryl methyl sites for hydroxylation is 1. The standard InChI is InChI=1S/C21H27N3O2S/c1-3-15-4-5-16(22-10-15)11-23-8-7-18-19(14-27-20(18)13-23)21(25)24-9-6-17(12-24)26-2/h4-5,10,14,17H,3,6-9,11-13H2,1-2H3/t17-/m1/s1. The van der Waals surface area contributed by atoms with Gasteiger partial charge in [-0.25, -0.2) is 0 Å². The topological polar surface area (TPSA) is 45.7 Å². The largest absolute Gasteiger partial charge is 0.380 e. The SMILES string of the molecule is CCc1ccc(CN2CCc3c(C(=O)N4CC[C@@H](OC)C4)csc3C2)nc1. The fourth-order valence-electron chi connectivity index (χ4n) is 3.96. The van der Waals surface area contributed by atoms with E-state index >= 15 is 0 Å². The second kappa shape index (κ2) is 8.09. The molecule has 1 amide bonds. The van der Waals surface area contributed by atoms with E-state index in [0.29, 0.717) is 6.54 Å². The van der Waals surface area contributed by atoms with E-state index in [0.717, 1.165) is 56.7 Å². The summed E-state index contributed by atoms with van der Waals surface area (Å²) in [5, 5.41) is 2.06. The van der Waals surface area contributed by atoms with Crippen LogP contribution in [0.5, 0.6) is 0 Å². The normalized spacial score (nSPS) is 20.1. The van der Waals surface area contributed by atoms with Crippen molar-refractivity contribution >= 4 is 17.2 Å². The van der Waals surface area contributed by atoms with Crippen LogP contribution in [0.4, 0.5) is 0 Å². The molecular weight excluding hydrogens is 358 g/mol. The smallest absolute Gasteiger partial charge is 0.255 e. The molecule has 6 heteroatoms. The number of nitrogens with zero attached hydrogens (tertiary/aromatic N) is 3. The molecule has 5 nitrogen and oxygen atoms in total. The van der Waals surface area contributed by atoms with Crippen molar-refractivity contribution in [2.75, 3.05) is 26.7 Å². The zero-order valence-electron chi connectivity index (χ0n) is 16.1. The lowest BCUT2D eigenvalue weighted by atomic mass is 10.0. The first kappa shape index (κ1) is 18.6. The van der Waals surface area contributed by atoms with E-state index in [-0.39, 0.29) is 12.0 Å². The van der Waals surface area contributed by atoms with Gasteiger partial charge in [0.2, 0.25) is 0 Å². The van der Waals surface area contributed by atoms with Crippen LogP contribution in [0.3, 0.4) is 0 Å². The first-order valence-corrected chi connectivity index (χ1v) is 10.6. The minimum Gasteiger partial charge on any atom is -0.380 e. The number of carbonyl (C=O) groups is 1. The molecule has 0 bridgehead atoms. The van der Waals surface area contributed by atoms with Crippen molar-refractivity contribution in [3.63, 3.8) is 0 Å². The molecule has 0 spiro atoms. The minimum absolute atomic E-state index is 0.178. The number of fused-ring (bicyclic) bond motifs is 1. The third-order valence-electron chi connectivity index (χ3n) is 5.70. The van der Waals surface area contributed by atoms with Crippen LogP contribution in [0.1, 0.15) is 45.4 Å². The van der Waals surface area contributed by atoms with Crippen molar-refractivity contribution in [2.45, 2.75) is 45.4 Å². The molecule has 0 aromatic carbocycles. The average Bonchev–Trinajstić information content (AvgIpc) is 3.35. The Morgan fingerprint density at radius 1 is 1.37 bits per heavy atom. The summed E-state index contributed by atoms with van der Waals surface area (Å²) in [5.74, 6) is 0.178. The number of likely N-dealkylation sites (tertiary alicyclic amines) is 1. The van der Waals surface area contributed by atoms with Crippen LogP contribution in [-0.2, 0) is 30.7 Å². The maximum atomic E-state index is 12.9. The molecule has 2 aromatic heterocycles. The maximum Gasteiger partial charge on any atom is 0.255 e. The number of aromatic nitrogens is 1. The van der Waals surface area contributed by atoms with E-state index in [4.69, 9.17) is 4.74 Å². The number of ether oxygens (including phenoxy) is 1. The van der Waals surface area contributed by atoms with E-state index in [1.54, 1.807) is 18.4 Å². The molecule has 144 valence electrons. The minimum atomic E-state index is 0.178. The summed E-state index contributed by atoms with van der Waals surface area (Å²) < 4.78 is 5.40. The molecule has 0 N–H and O–H groups in total. The summed E-state index contributed by atoms with van der Waals surface area (Å²) in [7, 11) is 1.73. The number of methoxy groups -OCH3 is 1. The van der Waals surface area contributed by atoms with Gasteiger partial charge in [0, 0.05) is 56.3 Å². The Hall–Kier alpha value is -1.76. The number of pyridine rings is 1. The predicted molar refractivity (Wildman–Crippen MR) is 107 cm³/mol. The molecular formula is C21H27N3O2S. The van der Waals surface area contributed by atoms with Crippen molar-refractivity contribution in [3.05, 3.63) is 51.0 Å². The zero-order valence-corrected chi connectivity index (χ0v) is 16.9. The first-order valence-electron chi connectivity index (χ1n) is 9.75. The average molecular weight is 386 g/mol. The third kappa shape index (κ3) is 3.93. The number of rotatable bonds is 5. The van der Waals surface area contributed by atoms with Crippen molar-refractivity contribution in [3.8, 4) is 0 Å². The van der Waals surface area contributed by atoms with Gasteiger partial charge in [0.05, 0.1) is 17.4 Å². The summed E-state index contributed by atoms with van der Waals surface area (Å²) >= 11 is 1.73. The highest BCUT2D eigenvalue weighted by Crippen LogP contribution is 2.31. The lowest BCUT2D eigenvalue weighted by Gasteiger charge is -2.27. The quantitative estimate of drug-likeness (QED) is 0.793. The molecule has 27 heavy (non-hydrogen) atoms. The van der Waals surface area contributed by atoms with E-state index in [9.17, 15) is 4.79 Å². The number of thiophene rings is 1. The number of carbonyl (C=O) groups excluding carboxylic acids is 1. The van der Waals surface area contributed by atoms with Gasteiger partial charge in [-0.2, -0.15) is 0 Å². The van der Waals surface area contributed by atoms with E-state index in [2.05, 4.69) is 34.3 Å². The Bertz CT molecular complexity index is 802. The lowest BCUT2D eigenvalue weighted by molar-refractivity contribution is 0.0723. The van der Waals surface area contributed by atoms with Crippen LogP contribution in [0.2, 0.25) is 0 Å². The summed E-state index contributed by atoms with van der Waals surface area (Å²) in [6.07, 6.45) is 5.07. The second-order valence-corrected chi connectivity index (χ2v) is 8.38. The first-order chi connectivity index (χ1) is 13.2. The lowest BCUT2D eigenvalue weighted by Crippen LogP contribution is -2.33. The molecule has 4 heterocycles. The molecule has 1 fully saturated rings. The Kier molecular flexibility index (Phi) is 5.57. The Morgan fingerprint density at radius 3 is 2.96 bits per heavy atom. The number of hydrogen-bond acceptors (Lipinski definition) is 5. The monoisotopic (exact) mass is 385 g/mol. The van der Waals surface area contributed by atoms with Crippen molar-refractivity contribution in [2.24, 2.45) is 0 Å². The van der Waals surface area contributed by atoms with Gasteiger partial charge in [-0.1, -0.05) is 13.0 Å². The van der Waals surface area contributed by atoms with Gasteiger partial charge in [-0.05, 0) is 36.5 Å². The van der Waals surface area contributed by atoms with Crippen LogP contribution < -0.4 is 0 Å². The molecule has 0 aliphatic carbocycles. The number of hydrogen-bond donors (Lipinski definition) is 0. The highest BCUT2D eigenvalue weighted by molar-refractivity contribution is 7.10. The van der Waals surface area contributed by atoms with E-state index in [1.165, 1.54) is 16.0 Å². The summed E-state index contributed by atoms with van der Waals surface area (Å²) in [5.41, 5.74) is 4.57. The molecule has 2 aliphatic rings. The third-order valence-corrected chi connectivity index (χ3v) is 6.72. The predicted octanol–water partition coefficient (Wildman–Crippen LogP) is 3.12. The van der Waals surface area contributed by atoms with Gasteiger partial charge >= 0.3 is 0 Å². The van der Waals surface area contributed by atoms with Crippen LogP contribution in [0.15, 0.2) is 23.7 Å². The molecule has 1 saturated heterocycles. The molecule has 0 radical (unpaired) electrons. The van der Waals surface area contributed by atoms with Crippen LogP contribution in [-0.4, -0.2) is 53.5 Å². The number of amides is 1. The highest BCUT2D eigenvalue weighted by Gasteiger charge is 2.30. The summed E-state index contributed by atoms with van der Waals surface area (Å²) in [6, 6.07) is 4.31. The molecule has 2 aliphatic heterocycles. The zero-order chi connectivity index (χ0) is 18.8. The fraction of sp³-hybridized carbons (Fsp3) is 0.524. The summed E-state index contributed by atoms with van der Waals surface area (Å²) in [4.78, 5) is 23.2. The molecule has 0 saturated carbocycles. The van der Waals surface area contributed by atoms with Gasteiger partial charge < -0.3 is 9.64 Å². The van der Waals surface area contributed by atoms with Crippen molar-refractivity contribution in [1.29, 1.82) is 0 Å². The van der Waals surface area contributed by atoms with E-state index < -0.39 is 0 Å². The van der Waals surface area contributed by atoms with Gasteiger partial charge in [-0.3, -0.25) is 14.7 Å². The molecule has 0 unspecified atom stereocenters. The Labute approximate surface area is 165 Å². The van der Waals surface area contributed by atoms with Gasteiger partial charge in [-0.15, -0.1) is 11.3 Å². The fourth-order valence-corrected chi connectivity index (χ4v) is 5.07. The van der Waals surface area contributed by atoms with Gasteiger partial charge in [0.1, 0.15) is 0 Å².